The van der Waals surface area contributed by atoms with Crippen molar-refractivity contribution in [3.05, 3.63) is 18.5 Å². The highest BCUT2D eigenvalue weighted by molar-refractivity contribution is 5.76. The number of aromatic nitrogens is 2. The fourth-order valence-corrected chi connectivity index (χ4v) is 1.95. The normalized spacial score (nSPS) is 14.5. The third kappa shape index (κ3) is 3.58. The molecule has 0 amide bonds. The molecule has 17 heavy (non-hydrogen) atoms. The van der Waals surface area contributed by atoms with Crippen LogP contribution in [0.15, 0.2) is 18.5 Å². The van der Waals surface area contributed by atoms with Crippen molar-refractivity contribution in [2.75, 3.05) is 0 Å². The molecule has 0 spiro atoms. The second kappa shape index (κ2) is 6.42. The maximum atomic E-state index is 11.4. The third-order valence-corrected chi connectivity index (χ3v) is 3.24. The summed E-state index contributed by atoms with van der Waals surface area (Å²) in [6.45, 7) is 3.91. The van der Waals surface area contributed by atoms with Gasteiger partial charge < -0.3 is 5.11 Å². The van der Waals surface area contributed by atoms with E-state index >= 15 is 0 Å². The maximum absolute atomic E-state index is 11.4. The molecule has 0 aliphatic heterocycles. The van der Waals surface area contributed by atoms with Crippen LogP contribution in [0.2, 0.25) is 0 Å². The lowest BCUT2D eigenvalue weighted by molar-refractivity contribution is -0.147. The molecule has 0 aliphatic rings. The van der Waals surface area contributed by atoms with Gasteiger partial charge in [-0.1, -0.05) is 39.0 Å². The summed E-state index contributed by atoms with van der Waals surface area (Å²) in [5.41, 5.74) is -0.907. The summed E-state index contributed by atoms with van der Waals surface area (Å²) >= 11 is 0. The van der Waals surface area contributed by atoms with Crippen molar-refractivity contribution in [3.8, 4) is 0 Å². The zero-order chi connectivity index (χ0) is 12.7. The molecule has 0 aliphatic carbocycles. The Kier molecular flexibility index (Phi) is 5.19. The van der Waals surface area contributed by atoms with Crippen LogP contribution in [0, 0.1) is 0 Å². The molecule has 1 heterocycles. The summed E-state index contributed by atoms with van der Waals surface area (Å²) in [5.74, 6) is -0.809. The Labute approximate surface area is 103 Å². The number of aliphatic carboxylic acids is 1. The molecular weight excluding hydrogens is 216 g/mol. The monoisotopic (exact) mass is 238 g/mol. The predicted octanol–water partition coefficient (Wildman–Crippen LogP) is 3.04. The van der Waals surface area contributed by atoms with Crippen LogP contribution in [-0.2, 0) is 10.3 Å². The molecule has 0 saturated carbocycles. The molecule has 4 nitrogen and oxygen atoms in total. The Hall–Kier alpha value is -1.32. The van der Waals surface area contributed by atoms with Crippen molar-refractivity contribution < 1.29 is 9.90 Å². The van der Waals surface area contributed by atoms with Crippen LogP contribution >= 0.6 is 0 Å². The number of hydrogen-bond donors (Lipinski definition) is 1. The fourth-order valence-electron chi connectivity index (χ4n) is 1.95. The van der Waals surface area contributed by atoms with Crippen LogP contribution in [0.5, 0.6) is 0 Å². The van der Waals surface area contributed by atoms with Crippen molar-refractivity contribution in [1.29, 1.82) is 0 Å². The van der Waals surface area contributed by atoms with E-state index in [-0.39, 0.29) is 0 Å². The average Bonchev–Trinajstić information content (AvgIpc) is 2.82. The molecule has 0 fully saturated rings. The van der Waals surface area contributed by atoms with E-state index in [2.05, 4.69) is 12.0 Å². The van der Waals surface area contributed by atoms with Gasteiger partial charge in [-0.25, -0.2) is 4.79 Å². The number of rotatable bonds is 8. The summed E-state index contributed by atoms with van der Waals surface area (Å²) in [6.07, 6.45) is 9.62. The van der Waals surface area contributed by atoms with E-state index in [9.17, 15) is 9.90 Å². The minimum absolute atomic E-state index is 0.633. The minimum Gasteiger partial charge on any atom is -0.479 e. The minimum atomic E-state index is -0.907. The van der Waals surface area contributed by atoms with E-state index in [1.165, 1.54) is 19.3 Å². The zero-order valence-electron chi connectivity index (χ0n) is 10.7. The van der Waals surface area contributed by atoms with E-state index in [0.29, 0.717) is 6.42 Å². The molecule has 1 aromatic rings. The zero-order valence-corrected chi connectivity index (χ0v) is 10.7. The molecule has 0 aromatic carbocycles. The summed E-state index contributed by atoms with van der Waals surface area (Å²) in [4.78, 5) is 11.4. The number of carboxylic acids is 1. The van der Waals surface area contributed by atoms with Crippen LogP contribution in [0.4, 0.5) is 0 Å². The van der Waals surface area contributed by atoms with E-state index in [1.807, 2.05) is 0 Å². The number of carboxylic acid groups (broad SMARTS) is 1. The second-order valence-electron chi connectivity index (χ2n) is 4.69. The number of nitrogens with zero attached hydrogens (tertiary/aromatic N) is 2. The SMILES string of the molecule is CCCCCCCC(C)(C(=O)O)n1cccn1. The first-order valence-corrected chi connectivity index (χ1v) is 6.35. The molecule has 0 saturated heterocycles. The lowest BCUT2D eigenvalue weighted by atomic mass is 9.94. The highest BCUT2D eigenvalue weighted by Gasteiger charge is 2.34. The quantitative estimate of drug-likeness (QED) is 0.708. The van der Waals surface area contributed by atoms with E-state index in [1.54, 1.807) is 30.1 Å². The van der Waals surface area contributed by atoms with Crippen molar-refractivity contribution in [2.45, 2.75) is 57.9 Å². The van der Waals surface area contributed by atoms with Crippen molar-refractivity contribution >= 4 is 5.97 Å². The standard InChI is InChI=1S/C13H22N2O2/c1-3-4-5-6-7-9-13(2,12(16)17)15-11-8-10-14-15/h8,10-11H,3-7,9H2,1-2H3,(H,16,17). The maximum Gasteiger partial charge on any atom is 0.331 e. The molecule has 4 heteroatoms. The lowest BCUT2D eigenvalue weighted by Crippen LogP contribution is -2.39. The van der Waals surface area contributed by atoms with Crippen LogP contribution in [0.25, 0.3) is 0 Å². The van der Waals surface area contributed by atoms with E-state index in [0.717, 1.165) is 12.8 Å². The molecule has 1 N–H and O–H groups in total. The Morgan fingerprint density at radius 1 is 1.35 bits per heavy atom. The van der Waals surface area contributed by atoms with Crippen LogP contribution < -0.4 is 0 Å². The molecule has 0 bridgehead atoms. The Morgan fingerprint density at radius 2 is 2.06 bits per heavy atom. The summed E-state index contributed by atoms with van der Waals surface area (Å²) in [7, 11) is 0. The van der Waals surface area contributed by atoms with Gasteiger partial charge in [0.1, 0.15) is 0 Å². The molecular formula is C13H22N2O2. The van der Waals surface area contributed by atoms with Gasteiger partial charge >= 0.3 is 5.97 Å². The topological polar surface area (TPSA) is 55.1 Å². The molecule has 1 aromatic heterocycles. The van der Waals surface area contributed by atoms with Crippen LogP contribution in [-0.4, -0.2) is 20.9 Å². The second-order valence-corrected chi connectivity index (χ2v) is 4.69. The van der Waals surface area contributed by atoms with Gasteiger partial charge in [0, 0.05) is 12.4 Å². The first-order chi connectivity index (χ1) is 8.11. The molecule has 1 rings (SSSR count). The van der Waals surface area contributed by atoms with Crippen molar-refractivity contribution in [2.24, 2.45) is 0 Å². The van der Waals surface area contributed by atoms with Gasteiger partial charge in [-0.2, -0.15) is 5.10 Å². The van der Waals surface area contributed by atoms with Gasteiger partial charge in [0.15, 0.2) is 5.54 Å². The fraction of sp³-hybridized carbons (Fsp3) is 0.692. The molecule has 1 unspecified atom stereocenters. The third-order valence-electron chi connectivity index (χ3n) is 3.24. The number of carbonyl (C=O) groups is 1. The molecule has 1 atom stereocenters. The van der Waals surface area contributed by atoms with Crippen LogP contribution in [0.3, 0.4) is 0 Å². The molecule has 96 valence electrons. The highest BCUT2D eigenvalue weighted by Crippen LogP contribution is 2.23. The first kappa shape index (κ1) is 13.7. The van der Waals surface area contributed by atoms with Gasteiger partial charge in [-0.15, -0.1) is 0 Å². The Balaban J connectivity index is 2.52. The van der Waals surface area contributed by atoms with Gasteiger partial charge in [0.2, 0.25) is 0 Å². The first-order valence-electron chi connectivity index (χ1n) is 6.35. The van der Waals surface area contributed by atoms with Gasteiger partial charge in [0.25, 0.3) is 0 Å². The Bertz CT molecular complexity index is 335. The lowest BCUT2D eigenvalue weighted by Gasteiger charge is -2.25. The molecule has 0 radical (unpaired) electrons. The Morgan fingerprint density at radius 3 is 2.59 bits per heavy atom. The average molecular weight is 238 g/mol. The number of hydrogen-bond acceptors (Lipinski definition) is 2. The highest BCUT2D eigenvalue weighted by atomic mass is 16.4. The van der Waals surface area contributed by atoms with E-state index in [4.69, 9.17) is 0 Å². The number of unbranched alkanes of at least 4 members (excludes halogenated alkanes) is 4. The summed E-state index contributed by atoms with van der Waals surface area (Å²) in [5, 5.41) is 13.4. The summed E-state index contributed by atoms with van der Waals surface area (Å²) < 4.78 is 1.55. The van der Waals surface area contributed by atoms with Crippen LogP contribution in [0.1, 0.15) is 52.4 Å². The van der Waals surface area contributed by atoms with Gasteiger partial charge in [0.05, 0.1) is 0 Å². The van der Waals surface area contributed by atoms with Gasteiger partial charge in [-0.05, 0) is 19.4 Å². The van der Waals surface area contributed by atoms with Crippen molar-refractivity contribution in [3.63, 3.8) is 0 Å². The van der Waals surface area contributed by atoms with Crippen molar-refractivity contribution in [1.82, 2.24) is 9.78 Å². The van der Waals surface area contributed by atoms with E-state index < -0.39 is 11.5 Å². The smallest absolute Gasteiger partial charge is 0.331 e. The summed E-state index contributed by atoms with van der Waals surface area (Å²) in [6, 6.07) is 1.76. The largest absolute Gasteiger partial charge is 0.479 e. The predicted molar refractivity (Wildman–Crippen MR) is 66.9 cm³/mol. The van der Waals surface area contributed by atoms with Gasteiger partial charge in [-0.3, -0.25) is 4.68 Å².